The van der Waals surface area contributed by atoms with Crippen molar-refractivity contribution < 1.29 is 4.74 Å². The summed E-state index contributed by atoms with van der Waals surface area (Å²) in [5.41, 5.74) is -0.00644. The molecule has 1 rings (SSSR count). The Kier molecular flexibility index (Phi) is 10.8. The van der Waals surface area contributed by atoms with Gasteiger partial charge in [-0.15, -0.1) is 0 Å². The molecule has 23 heavy (non-hydrogen) atoms. The first-order valence-electron chi connectivity index (χ1n) is 9.65. The second-order valence-corrected chi connectivity index (χ2v) is 7.22. The van der Waals surface area contributed by atoms with Crippen molar-refractivity contribution in [2.75, 3.05) is 6.61 Å². The van der Waals surface area contributed by atoms with Crippen molar-refractivity contribution in [3.05, 3.63) is 24.3 Å². The van der Waals surface area contributed by atoms with E-state index in [0.29, 0.717) is 0 Å². The molecule has 0 saturated heterocycles. The Morgan fingerprint density at radius 2 is 1.48 bits per heavy atom. The highest BCUT2D eigenvalue weighted by Crippen LogP contribution is 2.19. The molecule has 0 spiro atoms. The molecular weight excluding hydrogens is 282 g/mol. The number of ether oxygens (including phenoxy) is 1. The zero-order valence-corrected chi connectivity index (χ0v) is 15.7. The highest BCUT2D eigenvalue weighted by atomic mass is 16.5. The number of aliphatic imine (C=N–C) groups is 1. The molecule has 0 bridgehead atoms. The first-order chi connectivity index (χ1) is 11.1. The van der Waals surface area contributed by atoms with Crippen LogP contribution in [0.5, 0.6) is 0 Å². The van der Waals surface area contributed by atoms with E-state index in [0.717, 1.165) is 38.2 Å². The Balaban J connectivity index is 1.89. The molecule has 2 nitrogen and oxygen atoms in total. The zero-order chi connectivity index (χ0) is 16.8. The third kappa shape index (κ3) is 11.2. The average molecular weight is 320 g/mol. The molecule has 0 aliphatic carbocycles. The highest BCUT2D eigenvalue weighted by Gasteiger charge is 2.25. The van der Waals surface area contributed by atoms with Crippen LogP contribution in [0.25, 0.3) is 0 Å². The van der Waals surface area contributed by atoms with Gasteiger partial charge >= 0.3 is 0 Å². The van der Waals surface area contributed by atoms with Crippen LogP contribution in [0.3, 0.4) is 0 Å². The van der Waals surface area contributed by atoms with Crippen molar-refractivity contribution >= 4 is 5.90 Å². The van der Waals surface area contributed by atoms with Crippen LogP contribution in [-0.4, -0.2) is 18.0 Å². The lowest BCUT2D eigenvalue weighted by atomic mass is 10.1. The Bertz CT molecular complexity index is 379. The van der Waals surface area contributed by atoms with Gasteiger partial charge in [-0.1, -0.05) is 56.9 Å². The second kappa shape index (κ2) is 12.4. The van der Waals surface area contributed by atoms with E-state index >= 15 is 0 Å². The summed E-state index contributed by atoms with van der Waals surface area (Å²) in [5, 5.41) is 0. The molecule has 0 fully saturated rings. The lowest BCUT2D eigenvalue weighted by Gasteiger charge is -2.07. The van der Waals surface area contributed by atoms with Gasteiger partial charge in [0, 0.05) is 6.42 Å². The molecule has 2 heteroatoms. The normalized spacial score (nSPS) is 17.1. The van der Waals surface area contributed by atoms with Crippen molar-refractivity contribution in [2.45, 2.75) is 96.9 Å². The van der Waals surface area contributed by atoms with Gasteiger partial charge in [0.1, 0.15) is 6.61 Å². The van der Waals surface area contributed by atoms with Crippen molar-refractivity contribution in [1.29, 1.82) is 0 Å². The van der Waals surface area contributed by atoms with Crippen LogP contribution in [0.4, 0.5) is 0 Å². The Hall–Kier alpha value is -1.05. The minimum atomic E-state index is -0.00644. The first kappa shape index (κ1) is 20.0. The van der Waals surface area contributed by atoms with Crippen LogP contribution in [0.15, 0.2) is 29.3 Å². The zero-order valence-electron chi connectivity index (χ0n) is 15.7. The van der Waals surface area contributed by atoms with Crippen LogP contribution in [0.1, 0.15) is 91.4 Å². The lowest BCUT2D eigenvalue weighted by molar-refractivity contribution is 0.273. The van der Waals surface area contributed by atoms with Gasteiger partial charge < -0.3 is 4.74 Å². The predicted molar refractivity (Wildman–Crippen MR) is 102 cm³/mol. The number of nitrogens with zero attached hydrogens (tertiary/aromatic N) is 1. The Morgan fingerprint density at radius 1 is 0.870 bits per heavy atom. The average Bonchev–Trinajstić information content (AvgIpc) is 2.87. The topological polar surface area (TPSA) is 21.6 Å². The van der Waals surface area contributed by atoms with Crippen LogP contribution >= 0.6 is 0 Å². The maximum atomic E-state index is 5.60. The smallest absolute Gasteiger partial charge is 0.183 e. The fourth-order valence-electron chi connectivity index (χ4n) is 2.69. The van der Waals surface area contributed by atoms with Gasteiger partial charge in [0.25, 0.3) is 0 Å². The molecule has 1 heterocycles. The van der Waals surface area contributed by atoms with E-state index in [4.69, 9.17) is 4.74 Å². The van der Waals surface area contributed by atoms with Crippen molar-refractivity contribution in [1.82, 2.24) is 0 Å². The van der Waals surface area contributed by atoms with Crippen molar-refractivity contribution in [3.63, 3.8) is 0 Å². The largest absolute Gasteiger partial charge is 0.478 e. The molecule has 0 atom stereocenters. The summed E-state index contributed by atoms with van der Waals surface area (Å²) >= 11 is 0. The third-order valence-corrected chi connectivity index (χ3v) is 4.09. The summed E-state index contributed by atoms with van der Waals surface area (Å²) < 4.78 is 5.60. The summed E-state index contributed by atoms with van der Waals surface area (Å²) in [5.74, 6) is 0.949. The molecular formula is C21H37NO. The van der Waals surface area contributed by atoms with Gasteiger partial charge in [-0.05, 0) is 52.4 Å². The van der Waals surface area contributed by atoms with Gasteiger partial charge in [0.15, 0.2) is 5.90 Å². The number of unbranched alkanes of at least 4 members (excludes halogenated alkanes) is 7. The fraction of sp³-hybridized carbons (Fsp3) is 0.762. The summed E-state index contributed by atoms with van der Waals surface area (Å²) in [4.78, 5) is 4.58. The van der Waals surface area contributed by atoms with Crippen LogP contribution in [-0.2, 0) is 4.74 Å². The maximum Gasteiger partial charge on any atom is 0.183 e. The standard InChI is InChI=1S/C21H37NO/c1-4-5-6-7-8-9-10-11-12-13-14-15-16-17-18-20-22-21(2,3)19-23-20/h10-11,14-15H,4-9,12-13,16-19H2,1-3H3/b11-10-,15-14-. The monoisotopic (exact) mass is 319 g/mol. The highest BCUT2D eigenvalue weighted by molar-refractivity contribution is 5.78. The maximum absolute atomic E-state index is 5.60. The molecule has 0 saturated carbocycles. The lowest BCUT2D eigenvalue weighted by Crippen LogP contribution is -2.17. The van der Waals surface area contributed by atoms with Crippen LogP contribution in [0.2, 0.25) is 0 Å². The summed E-state index contributed by atoms with van der Waals surface area (Å²) in [7, 11) is 0. The number of rotatable bonds is 13. The molecule has 1 aliphatic heterocycles. The van der Waals surface area contributed by atoms with Gasteiger partial charge in [-0.3, -0.25) is 0 Å². The molecule has 0 aromatic rings. The van der Waals surface area contributed by atoms with Crippen LogP contribution < -0.4 is 0 Å². The van der Waals surface area contributed by atoms with E-state index in [2.05, 4.69) is 50.1 Å². The van der Waals surface area contributed by atoms with E-state index in [1.165, 1.54) is 44.9 Å². The number of hydrogen-bond acceptors (Lipinski definition) is 2. The van der Waals surface area contributed by atoms with Gasteiger partial charge in [0.2, 0.25) is 0 Å². The molecule has 132 valence electrons. The van der Waals surface area contributed by atoms with E-state index in [-0.39, 0.29) is 5.54 Å². The Morgan fingerprint density at radius 3 is 2.09 bits per heavy atom. The van der Waals surface area contributed by atoms with Gasteiger partial charge in [0.05, 0.1) is 5.54 Å². The first-order valence-corrected chi connectivity index (χ1v) is 9.65. The van der Waals surface area contributed by atoms with E-state index < -0.39 is 0 Å². The number of hydrogen-bond donors (Lipinski definition) is 0. The van der Waals surface area contributed by atoms with E-state index in [9.17, 15) is 0 Å². The van der Waals surface area contributed by atoms with E-state index in [1.807, 2.05) is 0 Å². The quantitative estimate of drug-likeness (QED) is 0.276. The molecule has 0 aromatic carbocycles. The summed E-state index contributed by atoms with van der Waals surface area (Å²) in [6.07, 6.45) is 23.0. The SMILES string of the molecule is CCCCCCC/C=C\CC/C=C\CCCC1=NC(C)(C)CO1. The molecule has 0 amide bonds. The number of allylic oxidation sites excluding steroid dienone is 4. The molecule has 1 aliphatic rings. The Labute approximate surface area is 144 Å². The van der Waals surface area contributed by atoms with Gasteiger partial charge in [-0.2, -0.15) is 0 Å². The molecule has 0 aromatic heterocycles. The third-order valence-electron chi connectivity index (χ3n) is 4.09. The second-order valence-electron chi connectivity index (χ2n) is 7.22. The van der Waals surface area contributed by atoms with Crippen LogP contribution in [0, 0.1) is 0 Å². The summed E-state index contributed by atoms with van der Waals surface area (Å²) in [6.45, 7) is 7.26. The predicted octanol–water partition coefficient (Wildman–Crippen LogP) is 6.62. The van der Waals surface area contributed by atoms with Gasteiger partial charge in [-0.25, -0.2) is 4.99 Å². The van der Waals surface area contributed by atoms with Crippen molar-refractivity contribution in [2.24, 2.45) is 4.99 Å². The fourth-order valence-corrected chi connectivity index (χ4v) is 2.69. The summed E-state index contributed by atoms with van der Waals surface area (Å²) in [6, 6.07) is 0. The van der Waals surface area contributed by atoms with E-state index in [1.54, 1.807) is 0 Å². The van der Waals surface area contributed by atoms with Crippen molar-refractivity contribution in [3.8, 4) is 0 Å². The minimum Gasteiger partial charge on any atom is -0.478 e. The minimum absolute atomic E-state index is 0.00644. The molecule has 0 radical (unpaired) electrons. The molecule has 0 unspecified atom stereocenters. The molecule has 0 N–H and O–H groups in total.